The lowest BCUT2D eigenvalue weighted by Crippen LogP contribution is -2.58. The highest BCUT2D eigenvalue weighted by atomic mass is 127. The minimum absolute atomic E-state index is 0.0909. The van der Waals surface area contributed by atoms with Crippen molar-refractivity contribution in [1.29, 1.82) is 0 Å². The molecule has 0 saturated carbocycles. The van der Waals surface area contributed by atoms with E-state index in [2.05, 4.69) is 5.10 Å². The minimum atomic E-state index is -6.46. The maximum Gasteiger partial charge on any atom is 0.462 e. The van der Waals surface area contributed by atoms with E-state index >= 15 is 0 Å². The second-order valence-corrected chi connectivity index (χ2v) is 8.03. The molecule has 0 aromatic heterocycles. The number of rotatable bonds is 7. The van der Waals surface area contributed by atoms with Gasteiger partial charge in [0.15, 0.2) is 0 Å². The summed E-state index contributed by atoms with van der Waals surface area (Å²) in [6, 6.07) is 3.02. The van der Waals surface area contributed by atoms with Crippen LogP contribution in [0.2, 0.25) is 0 Å². The Morgan fingerprint density at radius 2 is 1.53 bits per heavy atom. The summed E-state index contributed by atoms with van der Waals surface area (Å²) < 4.78 is 108. The molecule has 30 heavy (non-hydrogen) atoms. The second-order valence-electron chi connectivity index (χ2n) is 5.71. The molecule has 0 amide bonds. The Kier molecular flexibility index (Phi) is 7.79. The van der Waals surface area contributed by atoms with Crippen LogP contribution in [0.1, 0.15) is 11.1 Å². The van der Waals surface area contributed by atoms with Gasteiger partial charge in [0.2, 0.25) is 0 Å². The third kappa shape index (κ3) is 5.64. The van der Waals surface area contributed by atoms with Crippen molar-refractivity contribution < 1.29 is 39.9 Å². The van der Waals surface area contributed by atoms with Crippen molar-refractivity contribution in [3.05, 3.63) is 60.5 Å². The highest BCUT2D eigenvalue weighted by Crippen LogP contribution is 2.45. The summed E-state index contributed by atoms with van der Waals surface area (Å²) in [4.78, 5) is 0. The van der Waals surface area contributed by atoms with Crippen LogP contribution in [-0.4, -0.2) is 24.4 Å². The molecule has 0 aliphatic rings. The molecule has 0 saturated heterocycles. The highest BCUT2D eigenvalue weighted by molar-refractivity contribution is 14.1. The molecule has 0 unspecified atom stereocenters. The van der Waals surface area contributed by atoms with Crippen LogP contribution >= 0.6 is 45.2 Å². The number of hydrogen-bond donors (Lipinski definition) is 1. The first-order chi connectivity index (χ1) is 13.8. The van der Waals surface area contributed by atoms with Crippen molar-refractivity contribution in [2.24, 2.45) is 5.10 Å². The van der Waals surface area contributed by atoms with E-state index in [1.165, 1.54) is 30.3 Å². The van der Waals surface area contributed by atoms with Crippen molar-refractivity contribution in [3.8, 4) is 5.75 Å². The van der Waals surface area contributed by atoms with Gasteiger partial charge in [-0.05, 0) is 68.9 Å². The monoisotopic (exact) mass is 664 g/mol. The number of nitrogens with one attached hydrogen (secondary N) is 1. The van der Waals surface area contributed by atoms with E-state index in [9.17, 15) is 35.1 Å². The molecule has 0 radical (unpaired) electrons. The van der Waals surface area contributed by atoms with Crippen molar-refractivity contribution in [1.82, 2.24) is 5.43 Å². The molecule has 0 atom stereocenters. The van der Waals surface area contributed by atoms with E-state index in [1.807, 2.05) is 45.2 Å². The molecule has 0 heterocycles. The van der Waals surface area contributed by atoms with Gasteiger partial charge < -0.3 is 4.74 Å². The fraction of sp³-hybridized carbons (Fsp3) is 0.235. The van der Waals surface area contributed by atoms with Gasteiger partial charge in [-0.1, -0.05) is 18.2 Å². The largest absolute Gasteiger partial charge is 0.487 e. The van der Waals surface area contributed by atoms with Crippen LogP contribution in [0.4, 0.5) is 35.1 Å². The van der Waals surface area contributed by atoms with Gasteiger partial charge in [0.1, 0.15) is 18.2 Å². The lowest BCUT2D eigenvalue weighted by atomic mass is 10.2. The Hall–Kier alpha value is -1.39. The Morgan fingerprint density at radius 3 is 2.07 bits per heavy atom. The predicted octanol–water partition coefficient (Wildman–Crippen LogP) is 6.33. The number of alkyl halides is 7. The lowest BCUT2D eigenvalue weighted by Gasteiger charge is -2.27. The Bertz CT molecular complexity index is 911. The first-order valence-electron chi connectivity index (χ1n) is 7.74. The molecular formula is C17H10F8I2N2O. The zero-order valence-corrected chi connectivity index (χ0v) is 18.7. The summed E-state index contributed by atoms with van der Waals surface area (Å²) in [6.45, 7) is -0.0909. The van der Waals surface area contributed by atoms with Crippen LogP contribution in [-0.2, 0) is 6.61 Å². The molecule has 13 heteroatoms. The molecular weight excluding hydrogens is 654 g/mol. The third-order valence-corrected chi connectivity index (χ3v) is 5.12. The zero-order valence-electron chi connectivity index (χ0n) is 14.4. The molecule has 1 N–H and O–H groups in total. The van der Waals surface area contributed by atoms with E-state index in [4.69, 9.17) is 4.74 Å². The molecule has 0 aliphatic heterocycles. The lowest BCUT2D eigenvalue weighted by molar-refractivity contribution is -0.361. The molecule has 0 fully saturated rings. The standard InChI is InChI=1S/C17H10F8I2N2O/c18-11-4-2-1-3-10(11)8-30-14-12(26)5-9(6-13(14)27)7-28-29-17(24,25)15(19,20)16(21,22)23/h1-7,29H,8H2/b28-7+. The Morgan fingerprint density at radius 1 is 0.967 bits per heavy atom. The summed E-state index contributed by atoms with van der Waals surface area (Å²) in [5.41, 5.74) is 0.973. The number of ether oxygens (including phenoxy) is 1. The maximum atomic E-state index is 13.7. The number of halogens is 10. The summed E-state index contributed by atoms with van der Waals surface area (Å²) in [7, 11) is 0. The van der Waals surface area contributed by atoms with Gasteiger partial charge >= 0.3 is 18.1 Å². The number of nitrogens with zero attached hydrogens (tertiary/aromatic N) is 1. The van der Waals surface area contributed by atoms with E-state index < -0.39 is 24.0 Å². The summed E-state index contributed by atoms with van der Waals surface area (Å²) in [5.74, 6) is -6.43. The van der Waals surface area contributed by atoms with Crippen molar-refractivity contribution in [2.75, 3.05) is 0 Å². The van der Waals surface area contributed by atoms with Gasteiger partial charge in [0.25, 0.3) is 0 Å². The number of hydrogen-bond acceptors (Lipinski definition) is 3. The van der Waals surface area contributed by atoms with Crippen LogP contribution in [0.5, 0.6) is 5.75 Å². The molecule has 0 spiro atoms. The van der Waals surface area contributed by atoms with Crippen LogP contribution in [0.15, 0.2) is 41.5 Å². The topological polar surface area (TPSA) is 33.6 Å². The van der Waals surface area contributed by atoms with E-state index in [0.29, 0.717) is 30.1 Å². The molecule has 2 aromatic carbocycles. The first kappa shape index (κ1) is 24.9. The normalized spacial score (nSPS) is 13.0. The van der Waals surface area contributed by atoms with Crippen molar-refractivity contribution in [3.63, 3.8) is 0 Å². The second kappa shape index (κ2) is 9.40. The fourth-order valence-electron chi connectivity index (χ4n) is 1.99. The number of benzene rings is 2. The van der Waals surface area contributed by atoms with E-state index in [-0.39, 0.29) is 12.2 Å². The summed E-state index contributed by atoms with van der Waals surface area (Å²) >= 11 is 3.66. The Balaban J connectivity index is 2.12. The quantitative estimate of drug-likeness (QED) is 0.124. The number of hydrazone groups is 1. The molecule has 2 aromatic rings. The summed E-state index contributed by atoms with van der Waals surface area (Å²) in [5, 5.41) is 2.81. The summed E-state index contributed by atoms with van der Waals surface area (Å²) in [6.07, 6.45) is -5.80. The minimum Gasteiger partial charge on any atom is -0.487 e. The molecule has 3 nitrogen and oxygen atoms in total. The van der Waals surface area contributed by atoms with E-state index in [0.717, 1.165) is 0 Å². The Labute approximate surface area is 192 Å². The van der Waals surface area contributed by atoms with Crippen molar-refractivity contribution >= 4 is 51.4 Å². The van der Waals surface area contributed by atoms with Gasteiger partial charge in [-0.2, -0.15) is 35.8 Å². The van der Waals surface area contributed by atoms with Gasteiger partial charge in [-0.3, -0.25) is 0 Å². The van der Waals surface area contributed by atoms with Gasteiger partial charge in [0, 0.05) is 5.56 Å². The first-order valence-corrected chi connectivity index (χ1v) is 9.90. The van der Waals surface area contributed by atoms with Gasteiger partial charge in [-0.15, -0.1) is 0 Å². The molecule has 164 valence electrons. The van der Waals surface area contributed by atoms with Crippen LogP contribution in [0.3, 0.4) is 0 Å². The third-order valence-electron chi connectivity index (χ3n) is 3.52. The maximum absolute atomic E-state index is 13.7. The van der Waals surface area contributed by atoms with Crippen LogP contribution < -0.4 is 10.2 Å². The van der Waals surface area contributed by atoms with Crippen molar-refractivity contribution in [2.45, 2.75) is 24.8 Å². The molecule has 0 bridgehead atoms. The van der Waals surface area contributed by atoms with Gasteiger partial charge in [-0.25, -0.2) is 9.82 Å². The average molecular weight is 664 g/mol. The van der Waals surface area contributed by atoms with Crippen LogP contribution in [0.25, 0.3) is 0 Å². The molecule has 2 rings (SSSR count). The van der Waals surface area contributed by atoms with E-state index in [1.54, 1.807) is 6.07 Å². The zero-order chi connectivity index (χ0) is 22.7. The highest BCUT2D eigenvalue weighted by Gasteiger charge is 2.73. The fourth-order valence-corrected chi connectivity index (χ4v) is 4.12. The average Bonchev–Trinajstić information content (AvgIpc) is 2.61. The predicted molar refractivity (Wildman–Crippen MR) is 109 cm³/mol. The van der Waals surface area contributed by atoms with Crippen LogP contribution in [0, 0.1) is 13.0 Å². The smallest absolute Gasteiger partial charge is 0.462 e. The molecule has 0 aliphatic carbocycles. The SMILES string of the molecule is Fc1ccccc1COc1c(I)cc(/C=N/NC(F)(F)C(F)(F)C(F)(F)F)cc1I. The van der Waals surface area contributed by atoms with Gasteiger partial charge in [0.05, 0.1) is 13.4 Å².